The molecule has 0 heterocycles. The van der Waals surface area contributed by atoms with Crippen molar-refractivity contribution in [2.24, 2.45) is 0 Å². The van der Waals surface area contributed by atoms with Gasteiger partial charge in [-0.05, 0) is 55.7 Å². The minimum atomic E-state index is -4.34. The van der Waals surface area contributed by atoms with E-state index in [1.165, 1.54) is 35.2 Å². The highest BCUT2D eigenvalue weighted by Gasteiger charge is 2.34. The minimum Gasteiger partial charge on any atom is -0.352 e. The monoisotopic (exact) mass is 585 g/mol. The molecule has 10 heteroatoms. The van der Waals surface area contributed by atoms with Crippen molar-refractivity contribution in [3.8, 4) is 0 Å². The molecule has 0 bridgehead atoms. The third-order valence-corrected chi connectivity index (χ3v) is 9.29. The summed E-state index contributed by atoms with van der Waals surface area (Å²) in [6.45, 7) is 0.851. The maximum atomic E-state index is 15.0. The van der Waals surface area contributed by atoms with Gasteiger partial charge in [-0.3, -0.25) is 13.9 Å². The number of anilines is 1. The highest BCUT2D eigenvalue weighted by molar-refractivity contribution is 7.92. The molecule has 40 heavy (non-hydrogen) atoms. The number of nitrogens with one attached hydrogen (secondary N) is 1. The number of hydrogen-bond donors (Lipinski definition) is 1. The highest BCUT2D eigenvalue weighted by atomic mass is 35.5. The molecule has 0 spiro atoms. The molecule has 0 saturated heterocycles. The molecule has 1 unspecified atom stereocenters. The number of hydrogen-bond acceptors (Lipinski definition) is 4. The van der Waals surface area contributed by atoms with Gasteiger partial charge in [-0.1, -0.05) is 79.4 Å². The summed E-state index contributed by atoms with van der Waals surface area (Å²) in [7, 11) is -4.34. The van der Waals surface area contributed by atoms with E-state index in [1.807, 2.05) is 0 Å². The zero-order valence-corrected chi connectivity index (χ0v) is 23.9. The second-order valence-corrected chi connectivity index (χ2v) is 12.2. The van der Waals surface area contributed by atoms with Gasteiger partial charge in [0.25, 0.3) is 10.0 Å². The fraction of sp³-hybridized carbons (Fsp3) is 0.333. The number of amides is 2. The average Bonchev–Trinajstić information content (AvgIpc) is 2.96. The van der Waals surface area contributed by atoms with Gasteiger partial charge in [-0.25, -0.2) is 12.8 Å². The number of halogens is 2. The smallest absolute Gasteiger partial charge is 0.264 e. The zero-order chi connectivity index (χ0) is 28.7. The molecule has 1 N–H and O–H groups in total. The standard InChI is InChI=1S/C30H33ClFN3O4S/c1-22(30(37)33-24-13-4-2-5-14-24)34(20-23-12-8-9-17-26(23)31)29(36)21-35(28-19-11-10-18-27(28)32)40(38,39)25-15-6-3-7-16-25/h3,6-12,15-19,22,24H,2,4-5,13-14,20-21H2,1H3,(H,33,37). The molecule has 4 rings (SSSR count). The van der Waals surface area contributed by atoms with Crippen molar-refractivity contribution in [1.82, 2.24) is 10.2 Å². The average molecular weight is 586 g/mol. The molecule has 0 aliphatic heterocycles. The van der Waals surface area contributed by atoms with Crippen molar-refractivity contribution in [3.05, 3.63) is 95.3 Å². The van der Waals surface area contributed by atoms with E-state index in [0.29, 0.717) is 10.6 Å². The van der Waals surface area contributed by atoms with Crippen LogP contribution in [0.3, 0.4) is 0 Å². The summed E-state index contributed by atoms with van der Waals surface area (Å²) in [5.41, 5.74) is 0.329. The van der Waals surface area contributed by atoms with Crippen molar-refractivity contribution in [2.75, 3.05) is 10.8 Å². The van der Waals surface area contributed by atoms with Crippen LogP contribution in [0.2, 0.25) is 5.02 Å². The first-order chi connectivity index (χ1) is 19.2. The number of benzene rings is 3. The van der Waals surface area contributed by atoms with Crippen LogP contribution >= 0.6 is 11.6 Å². The Morgan fingerprint density at radius 3 is 2.25 bits per heavy atom. The Morgan fingerprint density at radius 1 is 0.950 bits per heavy atom. The van der Waals surface area contributed by atoms with Crippen LogP contribution in [-0.4, -0.2) is 43.8 Å². The summed E-state index contributed by atoms with van der Waals surface area (Å²) in [4.78, 5) is 28.5. The number of sulfonamides is 1. The van der Waals surface area contributed by atoms with E-state index >= 15 is 0 Å². The molecule has 1 aliphatic rings. The largest absolute Gasteiger partial charge is 0.352 e. The first-order valence-corrected chi connectivity index (χ1v) is 15.2. The van der Waals surface area contributed by atoms with Gasteiger partial charge >= 0.3 is 0 Å². The Morgan fingerprint density at radius 2 is 1.57 bits per heavy atom. The summed E-state index contributed by atoms with van der Waals surface area (Å²) in [5, 5.41) is 3.45. The maximum Gasteiger partial charge on any atom is 0.264 e. The normalized spacial score (nSPS) is 14.8. The molecule has 3 aromatic rings. The molecule has 212 valence electrons. The molecule has 1 aliphatic carbocycles. The van der Waals surface area contributed by atoms with Gasteiger partial charge in [-0.15, -0.1) is 0 Å². The van der Waals surface area contributed by atoms with Crippen LogP contribution in [0.5, 0.6) is 0 Å². The number of para-hydroxylation sites is 1. The van der Waals surface area contributed by atoms with E-state index in [2.05, 4.69) is 5.32 Å². The molecule has 2 amide bonds. The highest BCUT2D eigenvalue weighted by Crippen LogP contribution is 2.27. The van der Waals surface area contributed by atoms with Crippen LogP contribution in [0.15, 0.2) is 83.8 Å². The Kier molecular flexibility index (Phi) is 9.81. The van der Waals surface area contributed by atoms with Crippen molar-refractivity contribution in [2.45, 2.75) is 62.6 Å². The number of carbonyl (C=O) groups is 2. The second-order valence-electron chi connectivity index (χ2n) is 9.91. The van der Waals surface area contributed by atoms with Gasteiger partial charge < -0.3 is 10.2 Å². The van der Waals surface area contributed by atoms with E-state index in [-0.39, 0.29) is 29.1 Å². The van der Waals surface area contributed by atoms with Gasteiger partial charge in [0.15, 0.2) is 0 Å². The third-order valence-electron chi connectivity index (χ3n) is 7.15. The lowest BCUT2D eigenvalue weighted by atomic mass is 9.95. The number of carbonyl (C=O) groups excluding carboxylic acids is 2. The lowest BCUT2D eigenvalue weighted by molar-refractivity contribution is -0.139. The van der Waals surface area contributed by atoms with Crippen LogP contribution < -0.4 is 9.62 Å². The van der Waals surface area contributed by atoms with Crippen molar-refractivity contribution in [3.63, 3.8) is 0 Å². The van der Waals surface area contributed by atoms with E-state index in [9.17, 15) is 22.4 Å². The number of rotatable bonds is 10. The van der Waals surface area contributed by atoms with Crippen LogP contribution in [-0.2, 0) is 26.2 Å². The van der Waals surface area contributed by atoms with Gasteiger partial charge in [-0.2, -0.15) is 0 Å². The fourth-order valence-corrected chi connectivity index (χ4v) is 6.49. The summed E-state index contributed by atoms with van der Waals surface area (Å²) in [6, 6.07) is 18.9. The minimum absolute atomic E-state index is 0.0225. The first-order valence-electron chi connectivity index (χ1n) is 13.3. The molecule has 1 saturated carbocycles. The fourth-order valence-electron chi connectivity index (χ4n) is 4.85. The molecule has 1 atom stereocenters. The van der Waals surface area contributed by atoms with Gasteiger partial charge in [0.05, 0.1) is 10.6 Å². The third kappa shape index (κ3) is 7.01. The van der Waals surface area contributed by atoms with Gasteiger partial charge in [0.1, 0.15) is 18.4 Å². The Balaban J connectivity index is 1.68. The van der Waals surface area contributed by atoms with Crippen molar-refractivity contribution < 1.29 is 22.4 Å². The van der Waals surface area contributed by atoms with E-state index < -0.39 is 34.3 Å². The van der Waals surface area contributed by atoms with E-state index in [4.69, 9.17) is 11.6 Å². The van der Waals surface area contributed by atoms with E-state index in [0.717, 1.165) is 42.5 Å². The lowest BCUT2D eigenvalue weighted by Gasteiger charge is -2.33. The predicted octanol–water partition coefficient (Wildman–Crippen LogP) is 5.54. The topological polar surface area (TPSA) is 86.8 Å². The Bertz CT molecular complexity index is 1430. The number of nitrogens with zero attached hydrogens (tertiary/aromatic N) is 2. The summed E-state index contributed by atoms with van der Waals surface area (Å²) >= 11 is 6.39. The van der Waals surface area contributed by atoms with Gasteiger partial charge in [0, 0.05) is 17.6 Å². The summed E-state index contributed by atoms with van der Waals surface area (Å²) in [5.74, 6) is -1.81. The molecule has 3 aromatic carbocycles. The van der Waals surface area contributed by atoms with Crippen molar-refractivity contribution in [1.29, 1.82) is 0 Å². The quantitative estimate of drug-likeness (QED) is 0.338. The van der Waals surface area contributed by atoms with Crippen LogP contribution in [0.1, 0.15) is 44.6 Å². The lowest BCUT2D eigenvalue weighted by Crippen LogP contribution is -2.53. The van der Waals surface area contributed by atoms with Gasteiger partial charge in [0.2, 0.25) is 11.8 Å². The second kappa shape index (κ2) is 13.3. The molecular weight excluding hydrogens is 553 g/mol. The Hall–Kier alpha value is -3.43. The van der Waals surface area contributed by atoms with Crippen LogP contribution in [0.25, 0.3) is 0 Å². The van der Waals surface area contributed by atoms with Crippen LogP contribution in [0.4, 0.5) is 10.1 Å². The summed E-state index contributed by atoms with van der Waals surface area (Å²) in [6.07, 6.45) is 4.91. The Labute approximate surface area is 240 Å². The maximum absolute atomic E-state index is 15.0. The first kappa shape index (κ1) is 29.6. The van der Waals surface area contributed by atoms with E-state index in [1.54, 1.807) is 49.4 Å². The molecule has 1 fully saturated rings. The van der Waals surface area contributed by atoms with Crippen LogP contribution in [0, 0.1) is 5.82 Å². The van der Waals surface area contributed by atoms with Crippen molar-refractivity contribution >= 4 is 39.1 Å². The molecular formula is C30H33ClFN3O4S. The SMILES string of the molecule is CC(C(=O)NC1CCCCC1)N(Cc1ccccc1Cl)C(=O)CN(c1ccccc1F)S(=O)(=O)c1ccccc1. The molecule has 0 radical (unpaired) electrons. The molecule has 0 aromatic heterocycles. The zero-order valence-electron chi connectivity index (χ0n) is 22.3. The summed E-state index contributed by atoms with van der Waals surface area (Å²) < 4.78 is 43.1. The predicted molar refractivity (Wildman–Crippen MR) is 154 cm³/mol. The molecule has 7 nitrogen and oxygen atoms in total.